The molecule has 4 aromatic carbocycles. The molecule has 0 spiro atoms. The average Bonchev–Trinajstić information content (AvgIpc) is 3.22. The van der Waals surface area contributed by atoms with Crippen LogP contribution in [-0.2, 0) is 16.0 Å². The quantitative estimate of drug-likeness (QED) is 0.244. The normalized spacial score (nSPS) is 16.6. The molecule has 0 aromatic heterocycles. The molecule has 0 radical (unpaired) electrons. The zero-order chi connectivity index (χ0) is 25.1. The lowest BCUT2D eigenvalue weighted by molar-refractivity contribution is -0.117. The van der Waals surface area contributed by atoms with Crippen molar-refractivity contribution in [2.45, 2.75) is 11.7 Å². The van der Waals surface area contributed by atoms with E-state index in [4.69, 9.17) is 11.6 Å². The fourth-order valence-corrected chi connectivity index (χ4v) is 5.69. The first-order valence-electron chi connectivity index (χ1n) is 11.3. The van der Waals surface area contributed by atoms with Crippen LogP contribution in [0.2, 0.25) is 5.02 Å². The molecule has 0 unspecified atom stereocenters. The van der Waals surface area contributed by atoms with Gasteiger partial charge in [0, 0.05) is 21.8 Å². The third kappa shape index (κ3) is 4.59. The third-order valence-electron chi connectivity index (χ3n) is 5.92. The highest BCUT2D eigenvalue weighted by Crippen LogP contribution is 2.42. The molecule has 0 aliphatic carbocycles. The first-order chi connectivity index (χ1) is 17.6. The minimum Gasteiger partial charge on any atom is -0.321 e. The molecule has 5 rings (SSSR count). The molecule has 1 heterocycles. The van der Waals surface area contributed by atoms with Crippen LogP contribution in [0.5, 0.6) is 0 Å². The van der Waals surface area contributed by atoms with E-state index in [1.165, 1.54) is 16.7 Å². The number of para-hydroxylation sites is 1. The highest BCUT2D eigenvalue weighted by molar-refractivity contribution is 8.05. The number of hydrogen-bond acceptors (Lipinski definition) is 4. The van der Waals surface area contributed by atoms with Gasteiger partial charge in [-0.05, 0) is 41.6 Å². The summed E-state index contributed by atoms with van der Waals surface area (Å²) in [6, 6.07) is 31.7. The number of fused-ring (bicyclic) bond motifs is 1. The van der Waals surface area contributed by atoms with Crippen molar-refractivity contribution in [3.05, 3.63) is 118 Å². The summed E-state index contributed by atoms with van der Waals surface area (Å²) >= 11 is 7.57. The number of nitrogens with one attached hydrogen (secondary N) is 1. The van der Waals surface area contributed by atoms with Crippen molar-refractivity contribution in [1.29, 1.82) is 5.26 Å². The summed E-state index contributed by atoms with van der Waals surface area (Å²) in [5, 5.41) is 15.1. The molecule has 1 aliphatic rings. The number of amides is 2. The summed E-state index contributed by atoms with van der Waals surface area (Å²) in [5.74, 6) is -0.768. The van der Waals surface area contributed by atoms with E-state index in [2.05, 4.69) is 11.4 Å². The third-order valence-corrected chi connectivity index (χ3v) is 7.55. The number of thioether (sulfide) groups is 1. The Morgan fingerprint density at radius 2 is 1.64 bits per heavy atom. The van der Waals surface area contributed by atoms with Crippen LogP contribution in [0.25, 0.3) is 10.8 Å². The van der Waals surface area contributed by atoms with Gasteiger partial charge >= 0.3 is 0 Å². The van der Waals surface area contributed by atoms with Crippen LogP contribution in [-0.4, -0.2) is 17.1 Å². The Kier molecular flexibility index (Phi) is 6.77. The highest BCUT2D eigenvalue weighted by atomic mass is 35.5. The number of carbonyl (C=O) groups excluding carboxylic acids is 2. The van der Waals surface area contributed by atoms with Crippen LogP contribution in [0, 0.1) is 11.3 Å². The number of halogens is 1. The first-order valence-corrected chi connectivity index (χ1v) is 12.5. The van der Waals surface area contributed by atoms with Crippen LogP contribution in [0.4, 0.5) is 11.4 Å². The average molecular weight is 510 g/mol. The van der Waals surface area contributed by atoms with Gasteiger partial charge in [-0.15, -0.1) is 0 Å². The van der Waals surface area contributed by atoms with Crippen molar-refractivity contribution < 1.29 is 9.59 Å². The zero-order valence-corrected chi connectivity index (χ0v) is 20.6. The van der Waals surface area contributed by atoms with E-state index >= 15 is 0 Å². The van der Waals surface area contributed by atoms with Crippen LogP contribution in [0.3, 0.4) is 0 Å². The molecule has 1 atom stereocenters. The minimum atomic E-state index is -0.566. The molecule has 1 aliphatic heterocycles. The van der Waals surface area contributed by atoms with E-state index in [0.29, 0.717) is 27.8 Å². The van der Waals surface area contributed by atoms with E-state index in [1.54, 1.807) is 24.3 Å². The van der Waals surface area contributed by atoms with Gasteiger partial charge in [0.1, 0.15) is 16.7 Å². The second-order valence-corrected chi connectivity index (χ2v) is 9.78. The van der Waals surface area contributed by atoms with Crippen molar-refractivity contribution in [1.82, 2.24) is 0 Å². The maximum absolute atomic E-state index is 13.6. The summed E-state index contributed by atoms with van der Waals surface area (Å²) < 4.78 is 0. The van der Waals surface area contributed by atoms with Crippen LogP contribution in [0.1, 0.15) is 5.56 Å². The molecule has 36 heavy (non-hydrogen) atoms. The largest absolute Gasteiger partial charge is 0.321 e. The Balaban J connectivity index is 1.54. The first kappa shape index (κ1) is 23.7. The van der Waals surface area contributed by atoms with E-state index in [1.807, 2.05) is 72.8 Å². The topological polar surface area (TPSA) is 73.2 Å². The van der Waals surface area contributed by atoms with Crippen LogP contribution >= 0.6 is 23.4 Å². The van der Waals surface area contributed by atoms with Gasteiger partial charge in [0.2, 0.25) is 5.91 Å². The molecule has 1 fully saturated rings. The van der Waals surface area contributed by atoms with E-state index in [9.17, 15) is 14.9 Å². The zero-order valence-electron chi connectivity index (χ0n) is 19.0. The van der Waals surface area contributed by atoms with E-state index in [-0.39, 0.29) is 11.5 Å². The van der Waals surface area contributed by atoms with Crippen LogP contribution < -0.4 is 10.2 Å². The fourth-order valence-electron chi connectivity index (χ4n) is 4.18. The van der Waals surface area contributed by atoms with Crippen molar-refractivity contribution >= 4 is 57.3 Å². The lowest BCUT2D eigenvalue weighted by Gasteiger charge is -2.18. The number of anilines is 2. The number of hydrogen-bond donors (Lipinski definition) is 1. The molecule has 4 aromatic rings. The lowest BCUT2D eigenvalue weighted by Crippen LogP contribution is -2.30. The molecule has 5 nitrogen and oxygen atoms in total. The standard InChI is InChI=1S/C29H20ClN3O2S/c30-24-15-7-5-10-20(24)17-26-28(35)33(21-12-2-1-3-13-21)29(36-26)23(18-31)27(34)32-25-16-8-11-19-9-4-6-14-22(19)25/h1-16,26H,17H2,(H,32,34)/b29-23+/t26-/m0/s1. The molecular formula is C29H20ClN3O2S. The van der Waals surface area contributed by atoms with Gasteiger partial charge < -0.3 is 5.32 Å². The minimum absolute atomic E-state index is 0.119. The molecule has 1 saturated heterocycles. The Hall–Kier alpha value is -4.05. The molecule has 1 N–H and O–H groups in total. The van der Waals surface area contributed by atoms with Gasteiger partial charge in [0.15, 0.2) is 0 Å². The number of benzene rings is 4. The maximum Gasteiger partial charge on any atom is 0.269 e. The number of rotatable bonds is 5. The number of nitriles is 1. The molecule has 2 amide bonds. The van der Waals surface area contributed by atoms with Crippen molar-refractivity contribution in [3.8, 4) is 6.07 Å². The van der Waals surface area contributed by atoms with Crippen molar-refractivity contribution in [3.63, 3.8) is 0 Å². The Morgan fingerprint density at radius 3 is 2.42 bits per heavy atom. The Bertz CT molecular complexity index is 1540. The maximum atomic E-state index is 13.6. The van der Waals surface area contributed by atoms with Gasteiger partial charge in [-0.3, -0.25) is 14.5 Å². The fraction of sp³-hybridized carbons (Fsp3) is 0.0690. The molecular weight excluding hydrogens is 490 g/mol. The van der Waals surface area contributed by atoms with E-state index in [0.717, 1.165) is 16.3 Å². The second-order valence-electron chi connectivity index (χ2n) is 8.18. The van der Waals surface area contributed by atoms with Crippen LogP contribution in [0.15, 0.2) is 108 Å². The van der Waals surface area contributed by atoms with Gasteiger partial charge in [0.05, 0.1) is 5.25 Å². The number of nitrogens with zero attached hydrogens (tertiary/aromatic N) is 2. The monoisotopic (exact) mass is 509 g/mol. The predicted molar refractivity (Wildman–Crippen MR) is 146 cm³/mol. The van der Waals surface area contributed by atoms with Gasteiger partial charge in [-0.1, -0.05) is 96.2 Å². The summed E-state index contributed by atoms with van der Waals surface area (Å²) in [7, 11) is 0. The highest BCUT2D eigenvalue weighted by Gasteiger charge is 2.41. The summed E-state index contributed by atoms with van der Waals surface area (Å²) in [6.07, 6.45) is 0.375. The predicted octanol–water partition coefficient (Wildman–Crippen LogP) is 6.56. The summed E-state index contributed by atoms with van der Waals surface area (Å²) in [4.78, 5) is 28.5. The summed E-state index contributed by atoms with van der Waals surface area (Å²) in [6.45, 7) is 0. The molecule has 0 bridgehead atoms. The Morgan fingerprint density at radius 1 is 0.944 bits per heavy atom. The molecule has 176 valence electrons. The summed E-state index contributed by atoms with van der Waals surface area (Å²) in [5.41, 5.74) is 1.90. The molecule has 0 saturated carbocycles. The second kappa shape index (κ2) is 10.3. The van der Waals surface area contributed by atoms with E-state index < -0.39 is 11.2 Å². The SMILES string of the molecule is N#C/C(C(=O)Nc1cccc2ccccc12)=C1\S[C@@H](Cc2ccccc2Cl)C(=O)N1c1ccccc1. The van der Waals surface area contributed by atoms with Gasteiger partial charge in [-0.2, -0.15) is 5.26 Å². The Labute approximate surface area is 218 Å². The smallest absolute Gasteiger partial charge is 0.269 e. The molecule has 7 heteroatoms. The number of carbonyl (C=O) groups is 2. The van der Waals surface area contributed by atoms with Crippen molar-refractivity contribution in [2.75, 3.05) is 10.2 Å². The van der Waals surface area contributed by atoms with Crippen molar-refractivity contribution in [2.24, 2.45) is 0 Å². The van der Waals surface area contributed by atoms with Gasteiger partial charge in [0.25, 0.3) is 5.91 Å². The van der Waals surface area contributed by atoms with Gasteiger partial charge in [-0.25, -0.2) is 0 Å². The lowest BCUT2D eigenvalue weighted by atomic mass is 10.1.